The first-order valence-corrected chi connectivity index (χ1v) is 10.5. The molecule has 2 heterocycles. The minimum Gasteiger partial charge on any atom is -0.357 e. The molecule has 1 N–H and O–H groups in total. The number of thiazole rings is 1. The molecule has 1 aromatic rings. The maximum absolute atomic E-state index is 12.7. The molecule has 27 heavy (non-hydrogen) atoms. The third-order valence-corrected chi connectivity index (χ3v) is 5.62. The third-order valence-electron chi connectivity index (χ3n) is 4.58. The summed E-state index contributed by atoms with van der Waals surface area (Å²) < 4.78 is 38.0. The van der Waals surface area contributed by atoms with Crippen molar-refractivity contribution in [3.8, 4) is 0 Å². The fourth-order valence-electron chi connectivity index (χ4n) is 3.26. The van der Waals surface area contributed by atoms with Crippen molar-refractivity contribution < 1.29 is 13.2 Å². The molecule has 0 bridgehead atoms. The highest BCUT2D eigenvalue weighted by molar-refractivity contribution is 7.09. The quantitative estimate of drug-likeness (QED) is 0.532. The Morgan fingerprint density at radius 3 is 2.78 bits per heavy atom. The lowest BCUT2D eigenvalue weighted by molar-refractivity contribution is -0.146. The summed E-state index contributed by atoms with van der Waals surface area (Å²) in [5.74, 6) is 1.05. The number of hydrogen-bond acceptors (Lipinski definition) is 4. The van der Waals surface area contributed by atoms with Crippen molar-refractivity contribution in [2.45, 2.75) is 46.3 Å². The Bertz CT molecular complexity index is 602. The van der Waals surface area contributed by atoms with Gasteiger partial charge in [-0.25, -0.2) is 9.98 Å². The van der Waals surface area contributed by atoms with Gasteiger partial charge in [0.1, 0.15) is 0 Å². The molecule has 1 aliphatic heterocycles. The number of guanidine groups is 1. The number of hydrogen-bond donors (Lipinski definition) is 1. The first-order chi connectivity index (χ1) is 12.8. The Labute approximate surface area is 163 Å². The minimum absolute atomic E-state index is 0.224. The van der Waals surface area contributed by atoms with E-state index in [-0.39, 0.29) is 5.92 Å². The summed E-state index contributed by atoms with van der Waals surface area (Å²) in [6, 6.07) is 0. The van der Waals surface area contributed by atoms with Gasteiger partial charge in [-0.3, -0.25) is 4.90 Å². The molecule has 1 fully saturated rings. The molecule has 1 unspecified atom stereocenters. The molecule has 2 rings (SSSR count). The van der Waals surface area contributed by atoms with Crippen molar-refractivity contribution in [2.75, 3.05) is 39.3 Å². The lowest BCUT2D eigenvalue weighted by atomic mass is 10.1. The summed E-state index contributed by atoms with van der Waals surface area (Å²) in [5.41, 5.74) is 0.963. The number of aliphatic imine (C=N–C) groups is 1. The van der Waals surface area contributed by atoms with Crippen LogP contribution >= 0.6 is 11.3 Å². The molecule has 0 spiro atoms. The zero-order chi connectivity index (χ0) is 19.9. The highest BCUT2D eigenvalue weighted by Crippen LogP contribution is 2.21. The van der Waals surface area contributed by atoms with Crippen LogP contribution in [0.1, 0.15) is 37.9 Å². The second-order valence-electron chi connectivity index (χ2n) is 6.80. The lowest BCUT2D eigenvalue weighted by Gasteiger charge is -2.26. The predicted molar refractivity (Wildman–Crippen MR) is 104 cm³/mol. The highest BCUT2D eigenvalue weighted by Gasteiger charge is 2.33. The van der Waals surface area contributed by atoms with E-state index >= 15 is 0 Å². The smallest absolute Gasteiger partial charge is 0.357 e. The molecule has 1 aromatic heterocycles. The van der Waals surface area contributed by atoms with Crippen molar-refractivity contribution in [2.24, 2.45) is 10.9 Å². The van der Waals surface area contributed by atoms with Crippen LogP contribution in [0, 0.1) is 5.92 Å². The van der Waals surface area contributed by atoms with Crippen molar-refractivity contribution in [3.05, 3.63) is 16.1 Å². The van der Waals surface area contributed by atoms with Crippen molar-refractivity contribution in [1.82, 2.24) is 20.1 Å². The van der Waals surface area contributed by atoms with Crippen molar-refractivity contribution >= 4 is 17.3 Å². The van der Waals surface area contributed by atoms with Gasteiger partial charge in [-0.15, -0.1) is 11.3 Å². The van der Waals surface area contributed by atoms with Gasteiger partial charge in [0, 0.05) is 31.6 Å². The van der Waals surface area contributed by atoms with Gasteiger partial charge in [-0.2, -0.15) is 13.2 Å². The topological polar surface area (TPSA) is 43.8 Å². The monoisotopic (exact) mass is 405 g/mol. The predicted octanol–water partition coefficient (Wildman–Crippen LogP) is 3.38. The molecule has 0 aromatic carbocycles. The van der Waals surface area contributed by atoms with Crippen LogP contribution in [0.4, 0.5) is 13.2 Å². The van der Waals surface area contributed by atoms with Gasteiger partial charge in [0.2, 0.25) is 0 Å². The van der Waals surface area contributed by atoms with E-state index in [1.165, 1.54) is 4.90 Å². The van der Waals surface area contributed by atoms with Gasteiger partial charge in [0.15, 0.2) is 5.96 Å². The first kappa shape index (κ1) is 21.9. The number of likely N-dealkylation sites (tertiary alicyclic amines) is 1. The number of aryl methyl sites for hydroxylation is 1. The van der Waals surface area contributed by atoms with Crippen LogP contribution in [0.3, 0.4) is 0 Å². The van der Waals surface area contributed by atoms with Crippen LogP contribution < -0.4 is 5.32 Å². The standard InChI is InChI=1S/C18H30F3N5S/c1-4-16-24-15(12-27-16)9-23-17(22-5-2)26-8-7-14(11-26)10-25(6-3)13-18(19,20)21/h12,14H,4-11,13H2,1-3H3,(H,22,23). The zero-order valence-corrected chi connectivity index (χ0v) is 17.2. The van der Waals surface area contributed by atoms with Gasteiger partial charge in [0.05, 0.1) is 23.8 Å². The molecule has 1 atom stereocenters. The summed E-state index contributed by atoms with van der Waals surface area (Å²) in [6.45, 7) is 8.75. The van der Waals surface area contributed by atoms with Crippen LogP contribution in [0.15, 0.2) is 10.4 Å². The summed E-state index contributed by atoms with van der Waals surface area (Å²) in [5, 5.41) is 6.44. The number of aromatic nitrogens is 1. The molecule has 0 aliphatic carbocycles. The molecule has 9 heteroatoms. The summed E-state index contributed by atoms with van der Waals surface area (Å²) >= 11 is 1.65. The molecule has 0 saturated carbocycles. The molecule has 0 radical (unpaired) electrons. The van der Waals surface area contributed by atoms with Gasteiger partial charge < -0.3 is 10.2 Å². The van der Waals surface area contributed by atoms with E-state index < -0.39 is 12.7 Å². The van der Waals surface area contributed by atoms with E-state index in [4.69, 9.17) is 0 Å². The van der Waals surface area contributed by atoms with E-state index in [0.29, 0.717) is 19.6 Å². The van der Waals surface area contributed by atoms with Gasteiger partial charge in [-0.1, -0.05) is 13.8 Å². The van der Waals surface area contributed by atoms with Crippen LogP contribution in [-0.2, 0) is 13.0 Å². The Morgan fingerprint density at radius 1 is 1.41 bits per heavy atom. The number of nitrogens with zero attached hydrogens (tertiary/aromatic N) is 4. The Hall–Kier alpha value is -1.35. The van der Waals surface area contributed by atoms with Crippen LogP contribution in [-0.4, -0.2) is 66.2 Å². The summed E-state index contributed by atoms with van der Waals surface area (Å²) in [6.07, 6.45) is -2.33. The molecular weight excluding hydrogens is 375 g/mol. The third kappa shape index (κ3) is 7.29. The fourth-order valence-corrected chi connectivity index (χ4v) is 4.00. The van der Waals surface area contributed by atoms with E-state index in [0.717, 1.165) is 49.1 Å². The lowest BCUT2D eigenvalue weighted by Crippen LogP contribution is -2.41. The maximum atomic E-state index is 12.7. The van der Waals surface area contributed by atoms with Crippen LogP contribution in [0.25, 0.3) is 0 Å². The Kier molecular flexibility index (Phi) is 8.34. The van der Waals surface area contributed by atoms with Crippen molar-refractivity contribution in [3.63, 3.8) is 0 Å². The fraction of sp³-hybridized carbons (Fsp3) is 0.778. The van der Waals surface area contributed by atoms with Gasteiger partial charge in [0.25, 0.3) is 0 Å². The number of halogens is 3. The van der Waals surface area contributed by atoms with E-state index in [9.17, 15) is 13.2 Å². The molecular formula is C18H30F3N5S. The van der Waals surface area contributed by atoms with E-state index in [1.807, 2.05) is 12.3 Å². The maximum Gasteiger partial charge on any atom is 0.401 e. The Balaban J connectivity index is 1.93. The van der Waals surface area contributed by atoms with Crippen LogP contribution in [0.2, 0.25) is 0 Å². The number of alkyl halides is 3. The SMILES string of the molecule is CCNC(=NCc1csc(CC)n1)N1CCC(CN(CC)CC(F)(F)F)C1. The molecule has 1 saturated heterocycles. The first-order valence-electron chi connectivity index (χ1n) is 9.60. The minimum atomic E-state index is -4.14. The zero-order valence-electron chi connectivity index (χ0n) is 16.3. The van der Waals surface area contributed by atoms with E-state index in [1.54, 1.807) is 18.3 Å². The van der Waals surface area contributed by atoms with Crippen LogP contribution in [0.5, 0.6) is 0 Å². The average Bonchev–Trinajstić information content (AvgIpc) is 3.26. The summed E-state index contributed by atoms with van der Waals surface area (Å²) in [7, 11) is 0. The molecule has 154 valence electrons. The largest absolute Gasteiger partial charge is 0.401 e. The van der Waals surface area contributed by atoms with E-state index in [2.05, 4.69) is 27.1 Å². The Morgan fingerprint density at radius 2 is 2.19 bits per heavy atom. The second kappa shape index (κ2) is 10.3. The summed E-state index contributed by atoms with van der Waals surface area (Å²) in [4.78, 5) is 12.9. The molecule has 0 amide bonds. The van der Waals surface area contributed by atoms with Gasteiger partial charge in [-0.05, 0) is 32.2 Å². The van der Waals surface area contributed by atoms with Gasteiger partial charge >= 0.3 is 6.18 Å². The highest BCUT2D eigenvalue weighted by atomic mass is 32.1. The molecule has 1 aliphatic rings. The van der Waals surface area contributed by atoms with Crippen molar-refractivity contribution in [1.29, 1.82) is 0 Å². The average molecular weight is 406 g/mol. The number of rotatable bonds is 8. The normalized spacial score (nSPS) is 18.6. The second-order valence-corrected chi connectivity index (χ2v) is 7.74. The molecule has 5 nitrogen and oxygen atoms in total. The number of nitrogens with one attached hydrogen (secondary N) is 1.